The van der Waals surface area contributed by atoms with Gasteiger partial charge >= 0.3 is 0 Å². The molecule has 2 aliphatic carbocycles. The summed E-state index contributed by atoms with van der Waals surface area (Å²) in [6.45, 7) is 1.89. The smallest absolute Gasteiger partial charge is 0.123 e. The summed E-state index contributed by atoms with van der Waals surface area (Å²) in [6.07, 6.45) is 3.92. The fraction of sp³-hybridized carbons (Fsp3) is 1.00. The van der Waals surface area contributed by atoms with Crippen LogP contribution in [0.3, 0.4) is 0 Å². The summed E-state index contributed by atoms with van der Waals surface area (Å²) < 4.78 is 20.0. The van der Waals surface area contributed by atoms with Crippen molar-refractivity contribution in [3.63, 3.8) is 0 Å². The van der Waals surface area contributed by atoms with E-state index >= 15 is 0 Å². The molecule has 3 nitrogen and oxygen atoms in total. The third-order valence-corrected chi connectivity index (χ3v) is 5.68. The molecule has 4 aliphatic rings. The molecule has 0 amide bonds. The summed E-state index contributed by atoms with van der Waals surface area (Å²) in [7, 11) is 1.79. The van der Waals surface area contributed by atoms with Crippen LogP contribution in [-0.2, 0) is 4.74 Å². The Kier molecular flexibility index (Phi) is 2.03. The van der Waals surface area contributed by atoms with Gasteiger partial charge in [-0.2, -0.15) is 0 Å². The number of rotatable bonds is 2. The fourth-order valence-electron chi connectivity index (χ4n) is 4.41. The SMILES string of the molecule is COC1CCNC12CC2C1CNC2(CC2)C1F. The average molecular weight is 240 g/mol. The second-order valence-corrected chi connectivity index (χ2v) is 6.39. The first kappa shape index (κ1) is 10.7. The van der Waals surface area contributed by atoms with E-state index in [2.05, 4.69) is 10.6 Å². The Morgan fingerprint density at radius 1 is 1.29 bits per heavy atom. The summed E-state index contributed by atoms with van der Waals surface area (Å²) in [4.78, 5) is 0. The number of ether oxygens (including phenoxy) is 1. The van der Waals surface area contributed by atoms with E-state index in [1.165, 1.54) is 0 Å². The van der Waals surface area contributed by atoms with Crippen molar-refractivity contribution < 1.29 is 9.13 Å². The lowest BCUT2D eigenvalue weighted by atomic mass is 9.92. The van der Waals surface area contributed by atoms with Crippen molar-refractivity contribution in [2.24, 2.45) is 11.8 Å². The Labute approximate surface area is 101 Å². The molecule has 2 heterocycles. The van der Waals surface area contributed by atoms with E-state index in [0.717, 1.165) is 38.8 Å². The van der Waals surface area contributed by atoms with Gasteiger partial charge in [-0.05, 0) is 38.1 Å². The largest absolute Gasteiger partial charge is 0.379 e. The van der Waals surface area contributed by atoms with E-state index in [0.29, 0.717) is 12.0 Å². The Hall–Kier alpha value is -0.190. The van der Waals surface area contributed by atoms with Gasteiger partial charge in [0.15, 0.2) is 0 Å². The molecular formula is C13H21FN2O. The van der Waals surface area contributed by atoms with E-state index < -0.39 is 6.17 Å². The number of nitrogens with one attached hydrogen (secondary N) is 2. The standard InChI is InChI=1S/C13H21FN2O/c1-17-10-2-5-15-13(10)6-9(13)8-7-16-12(3-4-12)11(8)14/h8-11,15-16H,2-7H2,1H3. The van der Waals surface area contributed by atoms with Crippen LogP contribution < -0.4 is 10.6 Å². The Morgan fingerprint density at radius 3 is 2.76 bits per heavy atom. The van der Waals surface area contributed by atoms with Crippen molar-refractivity contribution in [1.29, 1.82) is 0 Å². The highest BCUT2D eigenvalue weighted by Crippen LogP contribution is 2.60. The topological polar surface area (TPSA) is 33.3 Å². The molecule has 5 unspecified atom stereocenters. The first-order chi connectivity index (χ1) is 8.22. The lowest BCUT2D eigenvalue weighted by Crippen LogP contribution is -2.39. The summed E-state index contributed by atoms with van der Waals surface area (Å²) in [5.74, 6) is 0.693. The molecule has 0 bridgehead atoms. The molecule has 17 heavy (non-hydrogen) atoms. The maximum absolute atomic E-state index is 14.5. The van der Waals surface area contributed by atoms with Gasteiger partial charge in [0.05, 0.1) is 11.6 Å². The average Bonchev–Trinajstić information content (AvgIpc) is 3.16. The molecule has 0 radical (unpaired) electrons. The van der Waals surface area contributed by atoms with Crippen LogP contribution >= 0.6 is 0 Å². The Balaban J connectivity index is 1.51. The minimum absolute atomic E-state index is 0.115. The number of hydrogen-bond donors (Lipinski definition) is 2. The lowest BCUT2D eigenvalue weighted by molar-refractivity contribution is 0.0714. The van der Waals surface area contributed by atoms with Gasteiger partial charge in [-0.15, -0.1) is 0 Å². The third kappa shape index (κ3) is 1.27. The molecule has 4 fully saturated rings. The zero-order chi connectivity index (χ0) is 11.7. The molecule has 2 N–H and O–H groups in total. The molecule has 2 spiro atoms. The quantitative estimate of drug-likeness (QED) is 0.750. The van der Waals surface area contributed by atoms with Crippen molar-refractivity contribution in [3.8, 4) is 0 Å². The molecule has 2 saturated heterocycles. The molecule has 0 aromatic rings. The van der Waals surface area contributed by atoms with Crippen molar-refractivity contribution in [1.82, 2.24) is 10.6 Å². The van der Waals surface area contributed by atoms with Gasteiger partial charge in [0.2, 0.25) is 0 Å². The first-order valence-electron chi connectivity index (χ1n) is 6.89. The predicted octanol–water partition coefficient (Wildman–Crippen LogP) is 0.843. The van der Waals surface area contributed by atoms with E-state index in [1.54, 1.807) is 7.11 Å². The zero-order valence-corrected chi connectivity index (χ0v) is 10.3. The van der Waals surface area contributed by atoms with Crippen molar-refractivity contribution in [3.05, 3.63) is 0 Å². The van der Waals surface area contributed by atoms with Crippen molar-refractivity contribution in [2.75, 3.05) is 20.2 Å². The molecule has 0 aromatic heterocycles. The molecule has 2 saturated carbocycles. The van der Waals surface area contributed by atoms with Crippen LogP contribution in [0, 0.1) is 11.8 Å². The summed E-state index contributed by atoms with van der Waals surface area (Å²) in [6, 6.07) is 0. The highest BCUT2D eigenvalue weighted by Gasteiger charge is 2.69. The molecular weight excluding hydrogens is 219 g/mol. The van der Waals surface area contributed by atoms with Gasteiger partial charge in [-0.1, -0.05) is 0 Å². The predicted molar refractivity (Wildman–Crippen MR) is 62.6 cm³/mol. The van der Waals surface area contributed by atoms with Crippen LogP contribution in [0.4, 0.5) is 4.39 Å². The molecule has 2 aliphatic heterocycles. The number of alkyl halides is 1. The van der Waals surface area contributed by atoms with Crippen LogP contribution in [0.5, 0.6) is 0 Å². The number of methoxy groups -OCH3 is 1. The zero-order valence-electron chi connectivity index (χ0n) is 10.3. The molecule has 96 valence electrons. The number of hydrogen-bond acceptors (Lipinski definition) is 3. The summed E-state index contributed by atoms with van der Waals surface area (Å²) >= 11 is 0. The lowest BCUT2D eigenvalue weighted by Gasteiger charge is -2.22. The van der Waals surface area contributed by atoms with Crippen LogP contribution in [0.1, 0.15) is 25.7 Å². The van der Waals surface area contributed by atoms with Gasteiger partial charge in [0, 0.05) is 25.1 Å². The van der Waals surface area contributed by atoms with Gasteiger partial charge in [-0.25, -0.2) is 4.39 Å². The van der Waals surface area contributed by atoms with Crippen LogP contribution in [0.2, 0.25) is 0 Å². The highest BCUT2D eigenvalue weighted by molar-refractivity contribution is 5.25. The molecule has 5 atom stereocenters. The minimum Gasteiger partial charge on any atom is -0.379 e. The monoisotopic (exact) mass is 240 g/mol. The van der Waals surface area contributed by atoms with E-state index in [9.17, 15) is 4.39 Å². The van der Waals surface area contributed by atoms with Crippen LogP contribution in [0.15, 0.2) is 0 Å². The summed E-state index contributed by atoms with van der Waals surface area (Å²) in [5, 5.41) is 7.01. The molecule has 4 rings (SSSR count). The van der Waals surface area contributed by atoms with Gasteiger partial charge in [0.25, 0.3) is 0 Å². The van der Waals surface area contributed by atoms with Gasteiger partial charge < -0.3 is 15.4 Å². The second-order valence-electron chi connectivity index (χ2n) is 6.39. The van der Waals surface area contributed by atoms with Gasteiger partial charge in [0.1, 0.15) is 6.17 Å². The van der Waals surface area contributed by atoms with E-state index in [-0.39, 0.29) is 17.0 Å². The van der Waals surface area contributed by atoms with Crippen LogP contribution in [-0.4, -0.2) is 43.6 Å². The Morgan fingerprint density at radius 2 is 2.12 bits per heavy atom. The normalized spacial score (nSPS) is 54.7. The van der Waals surface area contributed by atoms with Crippen molar-refractivity contribution in [2.45, 2.75) is 49.0 Å². The van der Waals surface area contributed by atoms with Gasteiger partial charge in [-0.3, -0.25) is 0 Å². The second kappa shape index (κ2) is 3.22. The minimum atomic E-state index is -0.633. The number of halogens is 1. The summed E-state index contributed by atoms with van der Waals surface area (Å²) in [5.41, 5.74) is 0.00146. The van der Waals surface area contributed by atoms with E-state index in [1.807, 2.05) is 0 Å². The van der Waals surface area contributed by atoms with E-state index in [4.69, 9.17) is 4.74 Å². The molecule has 0 aromatic carbocycles. The maximum Gasteiger partial charge on any atom is 0.123 e. The van der Waals surface area contributed by atoms with Crippen molar-refractivity contribution >= 4 is 0 Å². The molecule has 4 heteroatoms. The van der Waals surface area contributed by atoms with Crippen LogP contribution in [0.25, 0.3) is 0 Å². The fourth-order valence-corrected chi connectivity index (χ4v) is 4.41. The maximum atomic E-state index is 14.5. The Bertz CT molecular complexity index is 346. The first-order valence-corrected chi connectivity index (χ1v) is 6.89. The highest BCUT2D eigenvalue weighted by atomic mass is 19.1. The third-order valence-electron chi connectivity index (χ3n) is 5.68.